The van der Waals surface area contributed by atoms with Gasteiger partial charge in [0, 0.05) is 24.9 Å². The Balaban J connectivity index is 0.000000144. The smallest absolute Gasteiger partial charge is 0.310 e. The minimum absolute atomic E-state index is 0.0287. The van der Waals surface area contributed by atoms with Crippen LogP contribution in [0.4, 0.5) is 4.39 Å². The maximum absolute atomic E-state index is 13.5. The van der Waals surface area contributed by atoms with E-state index < -0.39 is 0 Å². The van der Waals surface area contributed by atoms with E-state index in [9.17, 15) is 14.0 Å². The molecular weight excluding hydrogens is 688 g/mol. The fourth-order valence-electron chi connectivity index (χ4n) is 11.8. The van der Waals surface area contributed by atoms with Crippen molar-refractivity contribution < 1.29 is 23.5 Å². The van der Waals surface area contributed by atoms with Crippen molar-refractivity contribution >= 4 is 11.9 Å². The number of aryl methyl sites for hydroxylation is 2. The summed E-state index contributed by atoms with van der Waals surface area (Å²) in [6.45, 7) is 6.50. The highest BCUT2D eigenvalue weighted by Gasteiger charge is 2.44. The van der Waals surface area contributed by atoms with Crippen molar-refractivity contribution in [1.82, 2.24) is 9.80 Å². The molecule has 0 N–H and O–H groups in total. The highest BCUT2D eigenvalue weighted by molar-refractivity contribution is 5.76. The maximum Gasteiger partial charge on any atom is 0.310 e. The Morgan fingerprint density at radius 3 is 1.62 bits per heavy atom. The third-order valence-electron chi connectivity index (χ3n) is 14.8. The van der Waals surface area contributed by atoms with Gasteiger partial charge in [0.25, 0.3) is 0 Å². The summed E-state index contributed by atoms with van der Waals surface area (Å²) >= 11 is 0. The molecule has 0 radical (unpaired) electrons. The Morgan fingerprint density at radius 2 is 1.05 bits per heavy atom. The Morgan fingerprint density at radius 1 is 0.545 bits per heavy atom. The SMILES string of the molecule is O=C(OC1CN2CCC1CC2)C1CCc2ccccc2C1C1CCCCC1.O=C(OC1CN2CCC1CC2)C1CCc2ccccc2C1c1ccc(F)cc1. The molecule has 6 atom stereocenters. The van der Waals surface area contributed by atoms with Crippen molar-refractivity contribution in [3.05, 3.63) is 106 Å². The standard InChI is InChI=1S/C24H26FNO2.C24H33NO2/c25-19-8-5-18(6-9-19)23-20-4-2-1-3-16(20)7-10-21(23)24(27)28-22-15-26-13-11-17(22)12-14-26;26-24(27-22-16-25-14-12-18(22)13-15-25)21-11-10-17-6-4-5-9-20(17)23(21)19-7-2-1-3-8-19/h1-6,8-9,17,21-23H,7,10-15H2;4-6,9,18-19,21-23H,1-3,7-8,10-16H2. The fourth-order valence-corrected chi connectivity index (χ4v) is 11.8. The number of esters is 2. The van der Waals surface area contributed by atoms with Gasteiger partial charge in [0.05, 0.1) is 11.8 Å². The van der Waals surface area contributed by atoms with Crippen molar-refractivity contribution in [3.8, 4) is 0 Å². The molecule has 4 bridgehead atoms. The molecular formula is C48H59FN2O4. The zero-order chi connectivity index (χ0) is 37.3. The van der Waals surface area contributed by atoms with Crippen LogP contribution in [0.25, 0.3) is 0 Å². The number of nitrogens with zero attached hydrogens (tertiary/aromatic N) is 2. The van der Waals surface area contributed by atoms with Crippen LogP contribution in [0.15, 0.2) is 72.8 Å². The second kappa shape index (κ2) is 16.5. The first kappa shape index (κ1) is 37.1. The van der Waals surface area contributed by atoms with Gasteiger partial charge in [-0.2, -0.15) is 0 Å². The lowest BCUT2D eigenvalue weighted by Crippen LogP contribution is -2.52. The van der Waals surface area contributed by atoms with Gasteiger partial charge in [0.15, 0.2) is 0 Å². The van der Waals surface area contributed by atoms with Crippen LogP contribution >= 0.6 is 0 Å². The van der Waals surface area contributed by atoms with Crippen LogP contribution in [0.5, 0.6) is 0 Å². The van der Waals surface area contributed by atoms with E-state index in [1.807, 2.05) is 24.3 Å². The van der Waals surface area contributed by atoms with Gasteiger partial charge in [-0.25, -0.2) is 4.39 Å². The van der Waals surface area contributed by atoms with Crippen LogP contribution in [-0.2, 0) is 31.9 Å². The first-order valence-corrected chi connectivity index (χ1v) is 21.7. The molecule has 7 fully saturated rings. The molecule has 0 amide bonds. The van der Waals surface area contributed by atoms with Crippen LogP contribution in [0.1, 0.15) is 110 Å². The van der Waals surface area contributed by atoms with Gasteiger partial charge in [0.1, 0.15) is 18.0 Å². The van der Waals surface area contributed by atoms with E-state index in [4.69, 9.17) is 9.47 Å². The number of fused-ring (bicyclic) bond motifs is 8. The number of piperidine rings is 6. The Hall–Kier alpha value is -3.55. The van der Waals surface area contributed by atoms with Gasteiger partial charge >= 0.3 is 11.9 Å². The van der Waals surface area contributed by atoms with E-state index in [1.165, 1.54) is 92.4 Å². The first-order valence-electron chi connectivity index (χ1n) is 21.7. The molecule has 1 saturated carbocycles. The van der Waals surface area contributed by atoms with Crippen LogP contribution in [0.3, 0.4) is 0 Å². The van der Waals surface area contributed by atoms with Gasteiger partial charge in [-0.15, -0.1) is 0 Å². The highest BCUT2D eigenvalue weighted by Crippen LogP contribution is 2.47. The number of carbonyl (C=O) groups is 2. The van der Waals surface area contributed by atoms with E-state index in [0.29, 0.717) is 23.7 Å². The molecule has 9 aliphatic rings. The molecule has 6 nitrogen and oxygen atoms in total. The second-order valence-electron chi connectivity index (χ2n) is 17.9. The number of rotatable bonds is 6. The number of benzene rings is 3. The lowest BCUT2D eigenvalue weighted by Gasteiger charge is -2.45. The summed E-state index contributed by atoms with van der Waals surface area (Å²) in [4.78, 5) is 31.5. The minimum atomic E-state index is -0.251. The Labute approximate surface area is 327 Å². The molecule has 55 heavy (non-hydrogen) atoms. The van der Waals surface area contributed by atoms with Gasteiger partial charge in [-0.05, 0) is 148 Å². The average Bonchev–Trinajstić information content (AvgIpc) is 3.24. The van der Waals surface area contributed by atoms with Crippen molar-refractivity contribution in [2.75, 3.05) is 39.3 Å². The molecule has 6 unspecified atom stereocenters. The summed E-state index contributed by atoms with van der Waals surface area (Å²) in [7, 11) is 0. The van der Waals surface area contributed by atoms with Crippen LogP contribution in [0, 0.1) is 35.4 Å². The molecule has 6 saturated heterocycles. The number of ether oxygens (including phenoxy) is 2. The summed E-state index contributed by atoms with van der Waals surface area (Å²) in [6.07, 6.45) is 15.1. The number of hydrogen-bond donors (Lipinski definition) is 0. The molecule has 3 aliphatic carbocycles. The maximum atomic E-state index is 13.5. The molecule has 3 aromatic carbocycles. The minimum Gasteiger partial charge on any atom is -0.460 e. The largest absolute Gasteiger partial charge is 0.460 e. The summed E-state index contributed by atoms with van der Waals surface area (Å²) in [5.74, 6) is 1.71. The zero-order valence-electron chi connectivity index (χ0n) is 32.5. The molecule has 7 heteroatoms. The predicted octanol–water partition coefficient (Wildman–Crippen LogP) is 8.71. The Kier molecular flexibility index (Phi) is 11.1. The highest BCUT2D eigenvalue weighted by atomic mass is 19.1. The van der Waals surface area contributed by atoms with Gasteiger partial charge in [-0.3, -0.25) is 19.4 Å². The van der Waals surface area contributed by atoms with Crippen molar-refractivity contribution in [2.45, 2.75) is 108 Å². The quantitative estimate of drug-likeness (QED) is 0.236. The molecule has 3 aromatic rings. The van der Waals surface area contributed by atoms with Crippen molar-refractivity contribution in [3.63, 3.8) is 0 Å². The average molecular weight is 747 g/mol. The van der Waals surface area contributed by atoms with E-state index in [0.717, 1.165) is 70.3 Å². The van der Waals surface area contributed by atoms with E-state index in [-0.39, 0.29) is 47.7 Å². The normalized spacial score (nSPS) is 33.7. The van der Waals surface area contributed by atoms with E-state index in [2.05, 4.69) is 46.2 Å². The summed E-state index contributed by atoms with van der Waals surface area (Å²) in [6, 6.07) is 23.8. The topological polar surface area (TPSA) is 59.1 Å². The molecule has 292 valence electrons. The molecule has 6 heterocycles. The lowest BCUT2D eigenvalue weighted by atomic mass is 9.65. The lowest BCUT2D eigenvalue weighted by molar-refractivity contribution is -0.166. The Bertz CT molecular complexity index is 1790. The predicted molar refractivity (Wildman–Crippen MR) is 212 cm³/mol. The van der Waals surface area contributed by atoms with E-state index in [1.54, 1.807) is 0 Å². The monoisotopic (exact) mass is 746 g/mol. The molecule has 0 spiro atoms. The van der Waals surface area contributed by atoms with Gasteiger partial charge < -0.3 is 9.47 Å². The van der Waals surface area contributed by atoms with E-state index >= 15 is 0 Å². The first-order chi connectivity index (χ1) is 27.0. The molecule has 12 rings (SSSR count). The summed E-state index contributed by atoms with van der Waals surface area (Å²) in [5.41, 5.74) is 6.37. The fraction of sp³-hybridized carbons (Fsp3) is 0.583. The summed E-state index contributed by atoms with van der Waals surface area (Å²) in [5, 5.41) is 0. The van der Waals surface area contributed by atoms with Gasteiger partial charge in [-0.1, -0.05) is 79.9 Å². The molecule has 6 aliphatic heterocycles. The van der Waals surface area contributed by atoms with Crippen LogP contribution in [-0.4, -0.2) is 73.2 Å². The second-order valence-corrected chi connectivity index (χ2v) is 17.9. The van der Waals surface area contributed by atoms with Crippen molar-refractivity contribution in [1.29, 1.82) is 0 Å². The van der Waals surface area contributed by atoms with Crippen LogP contribution < -0.4 is 0 Å². The summed E-state index contributed by atoms with van der Waals surface area (Å²) < 4.78 is 25.8. The van der Waals surface area contributed by atoms with Crippen molar-refractivity contribution in [2.24, 2.45) is 29.6 Å². The third kappa shape index (κ3) is 7.90. The number of hydrogen-bond acceptors (Lipinski definition) is 6. The number of carbonyl (C=O) groups excluding carboxylic acids is 2. The molecule has 0 aromatic heterocycles. The third-order valence-corrected chi connectivity index (χ3v) is 14.8. The zero-order valence-corrected chi connectivity index (χ0v) is 32.5. The van der Waals surface area contributed by atoms with Gasteiger partial charge in [0.2, 0.25) is 0 Å². The van der Waals surface area contributed by atoms with Crippen LogP contribution in [0.2, 0.25) is 0 Å². The number of halogens is 1.